The van der Waals surface area contributed by atoms with E-state index in [4.69, 9.17) is 9.47 Å². The van der Waals surface area contributed by atoms with Gasteiger partial charge in [-0.2, -0.15) is 0 Å². The van der Waals surface area contributed by atoms with Crippen molar-refractivity contribution in [2.45, 2.75) is 13.3 Å². The highest BCUT2D eigenvalue weighted by Gasteiger charge is 2.10. The molecule has 2 aromatic carbocycles. The van der Waals surface area contributed by atoms with Crippen LogP contribution < -0.4 is 14.8 Å². The van der Waals surface area contributed by atoms with Crippen molar-refractivity contribution in [3.63, 3.8) is 0 Å². The van der Waals surface area contributed by atoms with Crippen LogP contribution in [0.15, 0.2) is 54.7 Å². The first-order valence-corrected chi connectivity index (χ1v) is 7.46. The molecule has 0 aromatic heterocycles. The Labute approximate surface area is 136 Å². The second-order valence-electron chi connectivity index (χ2n) is 4.96. The van der Waals surface area contributed by atoms with Crippen molar-refractivity contribution < 1.29 is 14.3 Å². The maximum Gasteiger partial charge on any atom is 0.191 e. The Morgan fingerprint density at radius 1 is 1.09 bits per heavy atom. The summed E-state index contributed by atoms with van der Waals surface area (Å²) in [6.45, 7) is 2.11. The van der Waals surface area contributed by atoms with Crippen LogP contribution in [0.2, 0.25) is 0 Å². The molecule has 120 valence electrons. The van der Waals surface area contributed by atoms with Crippen molar-refractivity contribution in [2.24, 2.45) is 0 Å². The molecule has 1 N–H and O–H groups in total. The number of carbonyl (C=O) groups is 1. The van der Waals surface area contributed by atoms with Crippen molar-refractivity contribution in [3.05, 3.63) is 65.9 Å². The highest BCUT2D eigenvalue weighted by atomic mass is 16.5. The van der Waals surface area contributed by atoms with Crippen LogP contribution in [0, 0.1) is 0 Å². The zero-order valence-corrected chi connectivity index (χ0v) is 13.6. The molecular weight excluding hydrogens is 290 g/mol. The van der Waals surface area contributed by atoms with Crippen molar-refractivity contribution in [1.82, 2.24) is 0 Å². The molecule has 0 heterocycles. The molecule has 0 aliphatic carbocycles. The molecule has 0 amide bonds. The minimum Gasteiger partial charge on any atom is -0.497 e. The zero-order valence-electron chi connectivity index (χ0n) is 13.6. The van der Waals surface area contributed by atoms with Crippen molar-refractivity contribution in [1.29, 1.82) is 0 Å². The Bertz CT molecular complexity index is 690. The third-order valence-corrected chi connectivity index (χ3v) is 3.52. The van der Waals surface area contributed by atoms with E-state index in [1.165, 1.54) is 18.7 Å². The fourth-order valence-electron chi connectivity index (χ4n) is 2.15. The molecule has 0 radical (unpaired) electrons. The summed E-state index contributed by atoms with van der Waals surface area (Å²) >= 11 is 0. The topological polar surface area (TPSA) is 47.6 Å². The van der Waals surface area contributed by atoms with Crippen LogP contribution in [0.4, 0.5) is 5.69 Å². The predicted molar refractivity (Wildman–Crippen MR) is 92.5 cm³/mol. The van der Waals surface area contributed by atoms with Crippen LogP contribution in [0.1, 0.15) is 22.8 Å². The first-order valence-electron chi connectivity index (χ1n) is 7.46. The van der Waals surface area contributed by atoms with Crippen LogP contribution >= 0.6 is 0 Å². The number of rotatable bonds is 7. The molecule has 0 fully saturated rings. The number of ketones is 1. The molecule has 0 spiro atoms. The Hall–Kier alpha value is -2.75. The SMILES string of the molecule is CCc1ccc(NC=CC(=O)c2cc(OC)ccc2OC)cc1. The number of anilines is 1. The Balaban J connectivity index is 2.08. The fourth-order valence-corrected chi connectivity index (χ4v) is 2.15. The highest BCUT2D eigenvalue weighted by molar-refractivity contribution is 6.06. The summed E-state index contributed by atoms with van der Waals surface area (Å²) in [4.78, 5) is 12.3. The summed E-state index contributed by atoms with van der Waals surface area (Å²) in [5, 5.41) is 3.09. The maximum atomic E-state index is 12.3. The quantitative estimate of drug-likeness (QED) is 0.618. The molecule has 0 aliphatic rings. The van der Waals surface area contributed by atoms with E-state index in [-0.39, 0.29) is 5.78 Å². The van der Waals surface area contributed by atoms with E-state index in [0.29, 0.717) is 17.1 Å². The molecule has 2 aromatic rings. The van der Waals surface area contributed by atoms with Crippen LogP contribution in [0.25, 0.3) is 0 Å². The molecule has 0 atom stereocenters. The van der Waals surface area contributed by atoms with Gasteiger partial charge in [-0.15, -0.1) is 0 Å². The lowest BCUT2D eigenvalue weighted by atomic mass is 10.1. The average molecular weight is 311 g/mol. The number of hydrogen-bond acceptors (Lipinski definition) is 4. The Morgan fingerprint density at radius 3 is 2.43 bits per heavy atom. The van der Waals surface area contributed by atoms with E-state index in [0.717, 1.165) is 12.1 Å². The van der Waals surface area contributed by atoms with Crippen LogP contribution in [-0.2, 0) is 6.42 Å². The van der Waals surface area contributed by atoms with Gasteiger partial charge in [-0.25, -0.2) is 0 Å². The van der Waals surface area contributed by atoms with Crippen LogP contribution in [0.5, 0.6) is 11.5 Å². The number of hydrogen-bond donors (Lipinski definition) is 1. The molecule has 4 nitrogen and oxygen atoms in total. The summed E-state index contributed by atoms with van der Waals surface area (Å²) in [6, 6.07) is 13.2. The van der Waals surface area contributed by atoms with E-state index < -0.39 is 0 Å². The lowest BCUT2D eigenvalue weighted by molar-refractivity contribution is 0.104. The molecule has 2 rings (SSSR count). The van der Waals surface area contributed by atoms with Crippen molar-refractivity contribution in [3.8, 4) is 11.5 Å². The summed E-state index contributed by atoms with van der Waals surface area (Å²) in [5.41, 5.74) is 2.67. The van der Waals surface area contributed by atoms with E-state index in [1.807, 2.05) is 12.1 Å². The van der Waals surface area contributed by atoms with Crippen molar-refractivity contribution >= 4 is 11.5 Å². The van der Waals surface area contributed by atoms with Crippen LogP contribution in [-0.4, -0.2) is 20.0 Å². The first kappa shape index (κ1) is 16.6. The highest BCUT2D eigenvalue weighted by Crippen LogP contribution is 2.24. The minimum absolute atomic E-state index is 0.154. The molecule has 0 saturated carbocycles. The molecule has 0 aliphatic heterocycles. The van der Waals surface area contributed by atoms with Gasteiger partial charge in [-0.3, -0.25) is 4.79 Å². The lowest BCUT2D eigenvalue weighted by Gasteiger charge is -2.08. The number of aryl methyl sites for hydroxylation is 1. The van der Waals surface area contributed by atoms with Gasteiger partial charge in [0.15, 0.2) is 5.78 Å². The van der Waals surface area contributed by atoms with E-state index >= 15 is 0 Å². The van der Waals surface area contributed by atoms with Gasteiger partial charge in [0, 0.05) is 18.0 Å². The Morgan fingerprint density at radius 2 is 1.83 bits per heavy atom. The van der Waals surface area contributed by atoms with Gasteiger partial charge in [-0.05, 0) is 42.3 Å². The number of ether oxygens (including phenoxy) is 2. The first-order chi connectivity index (χ1) is 11.2. The molecule has 4 heteroatoms. The summed E-state index contributed by atoms with van der Waals surface area (Å²) in [7, 11) is 3.10. The summed E-state index contributed by atoms with van der Waals surface area (Å²) in [6.07, 6.45) is 4.11. The van der Waals surface area contributed by atoms with Gasteiger partial charge < -0.3 is 14.8 Å². The van der Waals surface area contributed by atoms with E-state index in [9.17, 15) is 4.79 Å². The molecule has 0 saturated heterocycles. The standard InChI is InChI=1S/C19H21NO3/c1-4-14-5-7-15(8-6-14)20-12-11-18(21)17-13-16(22-2)9-10-19(17)23-3/h5-13,20H,4H2,1-3H3. The average Bonchev–Trinajstić information content (AvgIpc) is 2.61. The minimum atomic E-state index is -0.154. The molecule has 23 heavy (non-hydrogen) atoms. The number of carbonyl (C=O) groups excluding carboxylic acids is 1. The van der Waals surface area contributed by atoms with E-state index in [2.05, 4.69) is 24.4 Å². The van der Waals surface area contributed by atoms with Gasteiger partial charge in [0.1, 0.15) is 11.5 Å². The summed E-state index contributed by atoms with van der Waals surface area (Å²) in [5.74, 6) is 0.983. The third kappa shape index (κ3) is 4.36. The maximum absolute atomic E-state index is 12.3. The largest absolute Gasteiger partial charge is 0.497 e. The predicted octanol–water partition coefficient (Wildman–Crippen LogP) is 4.07. The van der Waals surface area contributed by atoms with Gasteiger partial charge in [0.2, 0.25) is 0 Å². The fraction of sp³-hybridized carbons (Fsp3) is 0.211. The number of allylic oxidation sites excluding steroid dienone is 1. The molecule has 0 bridgehead atoms. The van der Waals surface area contributed by atoms with Crippen molar-refractivity contribution in [2.75, 3.05) is 19.5 Å². The van der Waals surface area contributed by atoms with Gasteiger partial charge in [-0.1, -0.05) is 19.1 Å². The molecule has 0 unspecified atom stereocenters. The van der Waals surface area contributed by atoms with Gasteiger partial charge in [0.05, 0.1) is 19.8 Å². The second-order valence-corrected chi connectivity index (χ2v) is 4.96. The van der Waals surface area contributed by atoms with Crippen LogP contribution in [0.3, 0.4) is 0 Å². The van der Waals surface area contributed by atoms with E-state index in [1.54, 1.807) is 31.5 Å². The Kier molecular flexibility index (Phi) is 5.80. The van der Waals surface area contributed by atoms with Gasteiger partial charge in [0.25, 0.3) is 0 Å². The number of methoxy groups -OCH3 is 2. The zero-order chi connectivity index (χ0) is 16.7. The lowest BCUT2D eigenvalue weighted by Crippen LogP contribution is -2.01. The van der Waals surface area contributed by atoms with Gasteiger partial charge >= 0.3 is 0 Å². The second kappa shape index (κ2) is 8.03. The monoisotopic (exact) mass is 311 g/mol. The third-order valence-electron chi connectivity index (χ3n) is 3.52. The molecular formula is C19H21NO3. The normalized spacial score (nSPS) is 10.6. The number of benzene rings is 2. The number of nitrogens with one attached hydrogen (secondary N) is 1. The summed E-state index contributed by atoms with van der Waals surface area (Å²) < 4.78 is 10.4. The smallest absolute Gasteiger partial charge is 0.191 e.